The van der Waals surface area contributed by atoms with Crippen LogP contribution in [0.5, 0.6) is 0 Å². The maximum Gasteiger partial charge on any atom is 0.232 e. The first-order valence-electron chi connectivity index (χ1n) is 8.42. The van der Waals surface area contributed by atoms with Crippen molar-refractivity contribution in [2.24, 2.45) is 11.8 Å². The standard InChI is InChI=1S/C17H31NO2/c1-4-6-8-10-12-14(11-9-7-5-2)15-13-16(19)18(3)17(15)20/h14-15H,4-13H2,1-3H3. The highest BCUT2D eigenvalue weighted by Gasteiger charge is 2.40. The number of likely N-dealkylation sites (tertiary alicyclic amines) is 1. The van der Waals surface area contributed by atoms with Gasteiger partial charge in [-0.1, -0.05) is 58.8 Å². The number of imide groups is 1. The number of carbonyl (C=O) groups is 2. The van der Waals surface area contributed by atoms with Crippen molar-refractivity contribution in [3.8, 4) is 0 Å². The van der Waals surface area contributed by atoms with Crippen LogP contribution < -0.4 is 0 Å². The second-order valence-corrected chi connectivity index (χ2v) is 6.21. The predicted octanol–water partition coefficient (Wildman–Crippen LogP) is 4.16. The molecule has 1 aliphatic rings. The maximum absolute atomic E-state index is 12.2. The lowest BCUT2D eigenvalue weighted by molar-refractivity contribution is -0.138. The van der Waals surface area contributed by atoms with Gasteiger partial charge in [-0.05, 0) is 18.8 Å². The Morgan fingerprint density at radius 3 is 2.05 bits per heavy atom. The topological polar surface area (TPSA) is 37.4 Å². The molecule has 2 amide bonds. The van der Waals surface area contributed by atoms with Gasteiger partial charge in [0.2, 0.25) is 11.8 Å². The SMILES string of the molecule is CCCCCCC(CCCCC)C1CC(=O)N(C)C1=O. The van der Waals surface area contributed by atoms with Gasteiger partial charge in [0.05, 0.1) is 5.92 Å². The fraction of sp³-hybridized carbons (Fsp3) is 0.882. The van der Waals surface area contributed by atoms with Crippen LogP contribution in [-0.4, -0.2) is 23.8 Å². The van der Waals surface area contributed by atoms with Crippen LogP contribution in [0.2, 0.25) is 0 Å². The lowest BCUT2D eigenvalue weighted by Crippen LogP contribution is -2.28. The van der Waals surface area contributed by atoms with Crippen LogP contribution in [-0.2, 0) is 9.59 Å². The van der Waals surface area contributed by atoms with Gasteiger partial charge >= 0.3 is 0 Å². The lowest BCUT2D eigenvalue weighted by atomic mass is 9.82. The van der Waals surface area contributed by atoms with Gasteiger partial charge in [0, 0.05) is 13.5 Å². The molecule has 0 aromatic carbocycles. The molecule has 3 heteroatoms. The van der Waals surface area contributed by atoms with E-state index in [2.05, 4.69) is 13.8 Å². The molecule has 1 rings (SSSR count). The summed E-state index contributed by atoms with van der Waals surface area (Å²) >= 11 is 0. The molecule has 3 nitrogen and oxygen atoms in total. The van der Waals surface area contributed by atoms with Gasteiger partial charge in [-0.15, -0.1) is 0 Å². The van der Waals surface area contributed by atoms with Crippen molar-refractivity contribution in [3.05, 3.63) is 0 Å². The van der Waals surface area contributed by atoms with Crippen molar-refractivity contribution in [1.82, 2.24) is 4.90 Å². The molecule has 1 heterocycles. The highest BCUT2D eigenvalue weighted by Crippen LogP contribution is 2.33. The molecular weight excluding hydrogens is 250 g/mol. The molecule has 1 saturated heterocycles. The van der Waals surface area contributed by atoms with E-state index in [-0.39, 0.29) is 17.7 Å². The molecule has 0 N–H and O–H groups in total. The zero-order valence-corrected chi connectivity index (χ0v) is 13.5. The third kappa shape index (κ3) is 4.92. The molecule has 0 aromatic heterocycles. The van der Waals surface area contributed by atoms with Crippen LogP contribution in [0.25, 0.3) is 0 Å². The average molecular weight is 281 g/mol. The molecule has 0 bridgehead atoms. The Hall–Kier alpha value is -0.860. The molecule has 0 aromatic rings. The molecule has 2 unspecified atom stereocenters. The minimum absolute atomic E-state index is 0.00838. The van der Waals surface area contributed by atoms with Crippen molar-refractivity contribution < 1.29 is 9.59 Å². The summed E-state index contributed by atoms with van der Waals surface area (Å²) < 4.78 is 0. The van der Waals surface area contributed by atoms with Gasteiger partial charge in [-0.25, -0.2) is 0 Å². The number of nitrogens with zero attached hydrogens (tertiary/aromatic N) is 1. The van der Waals surface area contributed by atoms with E-state index in [1.165, 1.54) is 49.8 Å². The molecule has 0 radical (unpaired) electrons. The third-order valence-electron chi connectivity index (χ3n) is 4.59. The van der Waals surface area contributed by atoms with E-state index < -0.39 is 0 Å². The number of amides is 2. The average Bonchev–Trinajstić information content (AvgIpc) is 2.69. The lowest BCUT2D eigenvalue weighted by Gasteiger charge is -2.21. The normalized spacial score (nSPS) is 20.8. The summed E-state index contributed by atoms with van der Waals surface area (Å²) in [5.41, 5.74) is 0. The van der Waals surface area contributed by atoms with Crippen LogP contribution >= 0.6 is 0 Å². The fourth-order valence-electron chi connectivity index (χ4n) is 3.19. The van der Waals surface area contributed by atoms with Crippen LogP contribution in [0.4, 0.5) is 0 Å². The van der Waals surface area contributed by atoms with E-state index in [0.717, 1.165) is 12.8 Å². The summed E-state index contributed by atoms with van der Waals surface area (Å²) in [6.07, 6.45) is 11.3. The number of rotatable bonds is 10. The second-order valence-electron chi connectivity index (χ2n) is 6.21. The number of unbranched alkanes of at least 4 members (excludes halogenated alkanes) is 5. The molecule has 20 heavy (non-hydrogen) atoms. The summed E-state index contributed by atoms with van der Waals surface area (Å²) in [7, 11) is 1.63. The smallest absolute Gasteiger partial charge is 0.232 e. The maximum atomic E-state index is 12.2. The minimum atomic E-state index is -0.0361. The first-order valence-corrected chi connectivity index (χ1v) is 8.42. The second kappa shape index (κ2) is 9.15. The summed E-state index contributed by atoms with van der Waals surface area (Å²) in [4.78, 5) is 25.2. The van der Waals surface area contributed by atoms with Crippen LogP contribution in [0.15, 0.2) is 0 Å². The zero-order valence-electron chi connectivity index (χ0n) is 13.5. The summed E-state index contributed by atoms with van der Waals surface area (Å²) in [6.45, 7) is 4.42. The quantitative estimate of drug-likeness (QED) is 0.445. The Kier molecular flexibility index (Phi) is 7.86. The van der Waals surface area contributed by atoms with Gasteiger partial charge in [0.25, 0.3) is 0 Å². The molecule has 1 fully saturated rings. The molecule has 0 spiro atoms. The summed E-state index contributed by atoms with van der Waals surface area (Å²) in [5, 5.41) is 0. The van der Waals surface area contributed by atoms with Crippen molar-refractivity contribution >= 4 is 11.8 Å². The summed E-state index contributed by atoms with van der Waals surface area (Å²) in [5.74, 6) is 0.451. The van der Waals surface area contributed by atoms with E-state index in [9.17, 15) is 9.59 Å². The first kappa shape index (κ1) is 17.2. The Bertz CT molecular complexity index is 314. The Morgan fingerprint density at radius 2 is 1.55 bits per heavy atom. The first-order chi connectivity index (χ1) is 9.61. The van der Waals surface area contributed by atoms with Crippen molar-refractivity contribution in [3.63, 3.8) is 0 Å². The van der Waals surface area contributed by atoms with E-state index in [4.69, 9.17) is 0 Å². The Balaban J connectivity index is 2.52. The van der Waals surface area contributed by atoms with Gasteiger partial charge in [-0.3, -0.25) is 14.5 Å². The highest BCUT2D eigenvalue weighted by molar-refractivity contribution is 6.03. The fourth-order valence-corrected chi connectivity index (χ4v) is 3.19. The molecule has 1 aliphatic heterocycles. The zero-order chi connectivity index (χ0) is 15.0. The molecular formula is C17H31NO2. The number of carbonyl (C=O) groups excluding carboxylic acids is 2. The van der Waals surface area contributed by atoms with E-state index in [1.807, 2.05) is 0 Å². The van der Waals surface area contributed by atoms with Gasteiger partial charge in [0.1, 0.15) is 0 Å². The van der Waals surface area contributed by atoms with Gasteiger partial charge in [0.15, 0.2) is 0 Å². The van der Waals surface area contributed by atoms with E-state index in [1.54, 1.807) is 7.05 Å². The Morgan fingerprint density at radius 1 is 1.00 bits per heavy atom. The molecule has 116 valence electrons. The highest BCUT2D eigenvalue weighted by atomic mass is 16.2. The van der Waals surface area contributed by atoms with Crippen molar-refractivity contribution in [2.75, 3.05) is 7.05 Å². The molecule has 0 aliphatic carbocycles. The molecule has 2 atom stereocenters. The largest absolute Gasteiger partial charge is 0.285 e. The number of hydrogen-bond donors (Lipinski definition) is 0. The minimum Gasteiger partial charge on any atom is -0.285 e. The van der Waals surface area contributed by atoms with Crippen molar-refractivity contribution in [1.29, 1.82) is 0 Å². The molecule has 0 saturated carbocycles. The third-order valence-corrected chi connectivity index (χ3v) is 4.59. The van der Waals surface area contributed by atoms with Crippen LogP contribution in [0.1, 0.15) is 78.1 Å². The Labute approximate surface area is 124 Å². The van der Waals surface area contributed by atoms with Gasteiger partial charge in [-0.2, -0.15) is 0 Å². The van der Waals surface area contributed by atoms with Crippen LogP contribution in [0.3, 0.4) is 0 Å². The van der Waals surface area contributed by atoms with Gasteiger partial charge < -0.3 is 0 Å². The van der Waals surface area contributed by atoms with Crippen molar-refractivity contribution in [2.45, 2.75) is 78.1 Å². The number of hydrogen-bond acceptors (Lipinski definition) is 2. The van der Waals surface area contributed by atoms with E-state index >= 15 is 0 Å². The summed E-state index contributed by atoms with van der Waals surface area (Å²) in [6, 6.07) is 0. The monoisotopic (exact) mass is 281 g/mol. The predicted molar refractivity (Wildman–Crippen MR) is 82.3 cm³/mol. The van der Waals surface area contributed by atoms with Crippen LogP contribution in [0, 0.1) is 11.8 Å². The van der Waals surface area contributed by atoms with E-state index in [0.29, 0.717) is 12.3 Å².